The fourth-order valence-electron chi connectivity index (χ4n) is 3.31. The first kappa shape index (κ1) is 17.7. The largest absolute Gasteiger partial charge is 0.286 e. The van der Waals surface area contributed by atoms with Crippen molar-refractivity contribution in [2.75, 3.05) is 13.1 Å². The van der Waals surface area contributed by atoms with Gasteiger partial charge in [0, 0.05) is 25.2 Å². The summed E-state index contributed by atoms with van der Waals surface area (Å²) in [6, 6.07) is 10.4. The van der Waals surface area contributed by atoms with Crippen LogP contribution in [-0.4, -0.2) is 40.4 Å². The van der Waals surface area contributed by atoms with Crippen LogP contribution in [0, 0.1) is 0 Å². The van der Waals surface area contributed by atoms with E-state index in [1.165, 1.54) is 10.4 Å². The van der Waals surface area contributed by atoms with Crippen LogP contribution < -0.4 is 0 Å². The smallest absolute Gasteiger partial charge is 0.244 e. The molecule has 0 bridgehead atoms. The average Bonchev–Trinajstić information content (AvgIpc) is 3.08. The van der Waals surface area contributed by atoms with Gasteiger partial charge in [0.05, 0.1) is 10.0 Å². The highest BCUT2D eigenvalue weighted by Crippen LogP contribution is 2.34. The first-order valence-corrected chi connectivity index (χ1v) is 10.4. The summed E-state index contributed by atoms with van der Waals surface area (Å²) in [5.74, 6) is 1.03. The number of benzene rings is 1. The molecule has 136 valence electrons. The molecule has 6 nitrogen and oxygen atoms in total. The third-order valence-electron chi connectivity index (χ3n) is 4.69. The second-order valence-corrected chi connectivity index (χ2v) is 8.91. The molecule has 0 aliphatic carbocycles. The number of aromatic nitrogens is 3. The average molecular weight is 411 g/mol. The van der Waals surface area contributed by atoms with Gasteiger partial charge in [-0.05, 0) is 37.1 Å². The number of piperidine rings is 1. The molecule has 0 radical (unpaired) electrons. The maximum atomic E-state index is 12.9. The molecule has 0 spiro atoms. The Balaban J connectivity index is 1.56. The minimum atomic E-state index is -3.68. The van der Waals surface area contributed by atoms with Crippen LogP contribution in [0.2, 0.25) is 10.0 Å². The van der Waals surface area contributed by atoms with Crippen molar-refractivity contribution in [2.45, 2.75) is 23.7 Å². The maximum Gasteiger partial charge on any atom is 0.244 e. The number of fused-ring (bicyclic) bond motifs is 1. The lowest BCUT2D eigenvalue weighted by molar-refractivity contribution is 0.312. The van der Waals surface area contributed by atoms with Gasteiger partial charge < -0.3 is 0 Å². The molecule has 1 fully saturated rings. The van der Waals surface area contributed by atoms with E-state index in [-0.39, 0.29) is 20.9 Å². The first-order valence-electron chi connectivity index (χ1n) is 8.22. The van der Waals surface area contributed by atoms with Crippen LogP contribution in [-0.2, 0) is 10.0 Å². The van der Waals surface area contributed by atoms with Crippen LogP contribution in [0.25, 0.3) is 5.65 Å². The molecule has 1 aromatic carbocycles. The van der Waals surface area contributed by atoms with E-state index in [1.807, 2.05) is 28.8 Å². The van der Waals surface area contributed by atoms with Gasteiger partial charge in [-0.2, -0.15) is 4.31 Å². The number of halogens is 2. The first-order chi connectivity index (χ1) is 12.5. The molecular formula is C17H16Cl2N4O2S. The summed E-state index contributed by atoms with van der Waals surface area (Å²) in [5.41, 5.74) is 0.795. The van der Waals surface area contributed by atoms with E-state index in [9.17, 15) is 8.42 Å². The highest BCUT2D eigenvalue weighted by Gasteiger charge is 2.33. The molecule has 0 amide bonds. The fourth-order valence-corrected chi connectivity index (χ4v) is 5.52. The summed E-state index contributed by atoms with van der Waals surface area (Å²) in [7, 11) is -3.68. The molecule has 3 aromatic rings. The number of hydrogen-bond acceptors (Lipinski definition) is 4. The van der Waals surface area contributed by atoms with Crippen molar-refractivity contribution >= 4 is 38.9 Å². The van der Waals surface area contributed by atoms with Gasteiger partial charge in [-0.3, -0.25) is 4.40 Å². The third-order valence-corrected chi connectivity index (χ3v) is 7.57. The van der Waals surface area contributed by atoms with Crippen molar-refractivity contribution in [2.24, 2.45) is 0 Å². The van der Waals surface area contributed by atoms with Gasteiger partial charge in [-0.1, -0.05) is 35.3 Å². The maximum absolute atomic E-state index is 12.9. The summed E-state index contributed by atoms with van der Waals surface area (Å²) in [4.78, 5) is 0.0537. The number of hydrogen-bond donors (Lipinski definition) is 0. The lowest BCUT2D eigenvalue weighted by atomic mass is 9.97. The summed E-state index contributed by atoms with van der Waals surface area (Å²) < 4.78 is 29.3. The molecule has 9 heteroatoms. The lowest BCUT2D eigenvalue weighted by Crippen LogP contribution is -2.38. The van der Waals surface area contributed by atoms with E-state index >= 15 is 0 Å². The van der Waals surface area contributed by atoms with Crippen molar-refractivity contribution in [1.29, 1.82) is 0 Å². The van der Waals surface area contributed by atoms with Crippen molar-refractivity contribution in [3.63, 3.8) is 0 Å². The number of pyridine rings is 1. The Hall–Kier alpha value is -1.67. The van der Waals surface area contributed by atoms with E-state index in [0.29, 0.717) is 25.9 Å². The van der Waals surface area contributed by atoms with Crippen molar-refractivity contribution in [3.05, 3.63) is 58.5 Å². The second-order valence-electron chi connectivity index (χ2n) is 6.22. The Morgan fingerprint density at radius 2 is 1.77 bits per heavy atom. The van der Waals surface area contributed by atoms with Crippen molar-refractivity contribution in [1.82, 2.24) is 18.9 Å². The van der Waals surface area contributed by atoms with Gasteiger partial charge in [-0.15, -0.1) is 10.2 Å². The molecule has 0 unspecified atom stereocenters. The SMILES string of the molecule is O=S(=O)(c1cccc(Cl)c1Cl)N1CCC(c2nnc3ccccn23)CC1. The van der Waals surface area contributed by atoms with Crippen LogP contribution in [0.4, 0.5) is 0 Å². The molecule has 26 heavy (non-hydrogen) atoms. The Morgan fingerprint density at radius 3 is 2.54 bits per heavy atom. The van der Waals surface area contributed by atoms with Crippen LogP contribution in [0.5, 0.6) is 0 Å². The van der Waals surface area contributed by atoms with E-state index in [4.69, 9.17) is 23.2 Å². The zero-order chi connectivity index (χ0) is 18.3. The summed E-state index contributed by atoms with van der Waals surface area (Å²) in [5, 5.41) is 8.78. The van der Waals surface area contributed by atoms with Crippen LogP contribution in [0.3, 0.4) is 0 Å². The standard InChI is InChI=1S/C17H16Cl2N4O2S/c18-13-4-3-5-14(16(13)19)26(24,25)22-10-7-12(8-11-22)17-21-20-15-6-1-2-9-23(15)17/h1-6,9,12H,7-8,10-11H2. The van der Waals surface area contributed by atoms with Crippen LogP contribution >= 0.6 is 23.2 Å². The molecule has 0 saturated carbocycles. The lowest BCUT2D eigenvalue weighted by Gasteiger charge is -2.30. The summed E-state index contributed by atoms with van der Waals surface area (Å²) in [6.45, 7) is 0.801. The zero-order valence-corrected chi connectivity index (χ0v) is 16.0. The van der Waals surface area contributed by atoms with E-state index < -0.39 is 10.0 Å². The molecule has 0 atom stereocenters. The fraction of sp³-hybridized carbons (Fsp3) is 0.294. The van der Waals surface area contributed by atoms with E-state index in [0.717, 1.165) is 11.5 Å². The van der Waals surface area contributed by atoms with Crippen LogP contribution in [0.15, 0.2) is 47.5 Å². The van der Waals surface area contributed by atoms with Gasteiger partial charge in [-0.25, -0.2) is 8.42 Å². The number of rotatable bonds is 3. The molecule has 4 rings (SSSR count). The second kappa shape index (κ2) is 6.81. The molecule has 1 saturated heterocycles. The predicted molar refractivity (Wildman–Crippen MR) is 100 cm³/mol. The normalized spacial score (nSPS) is 17.0. The van der Waals surface area contributed by atoms with Gasteiger partial charge in [0.15, 0.2) is 5.65 Å². The highest BCUT2D eigenvalue weighted by atomic mass is 35.5. The quantitative estimate of drug-likeness (QED) is 0.661. The number of sulfonamides is 1. The Labute approximate surface area is 161 Å². The molecular weight excluding hydrogens is 395 g/mol. The van der Waals surface area contributed by atoms with Gasteiger partial charge in [0.2, 0.25) is 10.0 Å². The molecule has 1 aliphatic heterocycles. The molecule has 1 aliphatic rings. The summed E-state index contributed by atoms with van der Waals surface area (Å²) in [6.07, 6.45) is 3.28. The number of nitrogens with zero attached hydrogens (tertiary/aromatic N) is 4. The topological polar surface area (TPSA) is 67.6 Å². The molecule has 3 heterocycles. The Bertz CT molecular complexity index is 1060. The van der Waals surface area contributed by atoms with Crippen LogP contribution in [0.1, 0.15) is 24.6 Å². The summed E-state index contributed by atoms with van der Waals surface area (Å²) >= 11 is 12.1. The van der Waals surface area contributed by atoms with Gasteiger partial charge in [0.1, 0.15) is 10.7 Å². The van der Waals surface area contributed by atoms with Crippen molar-refractivity contribution in [3.8, 4) is 0 Å². The molecule has 0 N–H and O–H groups in total. The van der Waals surface area contributed by atoms with E-state index in [2.05, 4.69) is 10.2 Å². The minimum Gasteiger partial charge on any atom is -0.286 e. The van der Waals surface area contributed by atoms with E-state index in [1.54, 1.807) is 12.1 Å². The van der Waals surface area contributed by atoms with Crippen molar-refractivity contribution < 1.29 is 8.42 Å². The highest BCUT2D eigenvalue weighted by molar-refractivity contribution is 7.89. The Morgan fingerprint density at radius 1 is 1.00 bits per heavy atom. The monoisotopic (exact) mass is 410 g/mol. The zero-order valence-electron chi connectivity index (χ0n) is 13.7. The molecule has 2 aromatic heterocycles. The predicted octanol–water partition coefficient (Wildman–Crippen LogP) is 3.60. The van der Waals surface area contributed by atoms with Gasteiger partial charge in [0.25, 0.3) is 0 Å². The Kier molecular flexibility index (Phi) is 4.64. The third kappa shape index (κ3) is 2.99. The van der Waals surface area contributed by atoms with Gasteiger partial charge >= 0.3 is 0 Å². The minimum absolute atomic E-state index is 0.0537.